The van der Waals surface area contributed by atoms with E-state index in [1.165, 1.54) is 12.8 Å². The Bertz CT molecular complexity index is 346. The normalized spacial score (nSPS) is 18.1. The molecule has 2 rings (SSSR count). The highest BCUT2D eigenvalue weighted by atomic mass is 79.9. The smallest absolute Gasteiger partial charge is 0.129 e. The molecule has 1 fully saturated rings. The van der Waals surface area contributed by atoms with Crippen LogP contribution in [0.5, 0.6) is 0 Å². The van der Waals surface area contributed by atoms with E-state index in [0.717, 1.165) is 29.3 Å². The number of hydrogen-bond donors (Lipinski definition) is 1. The molecule has 2 heterocycles. The maximum absolute atomic E-state index is 5.71. The van der Waals surface area contributed by atoms with Crippen molar-refractivity contribution >= 4 is 27.4 Å². The molecule has 0 aliphatic carbocycles. The van der Waals surface area contributed by atoms with Gasteiger partial charge in [0.15, 0.2) is 0 Å². The second kappa shape index (κ2) is 4.39. The number of hydrogen-bond acceptors (Lipinski definition) is 3. The second-order valence-corrected chi connectivity index (χ2v) is 5.09. The molecule has 0 bridgehead atoms. The summed E-state index contributed by atoms with van der Waals surface area (Å²) in [6.07, 6.45) is 4.23. The van der Waals surface area contributed by atoms with Crippen LogP contribution in [-0.4, -0.2) is 18.1 Å². The van der Waals surface area contributed by atoms with Crippen LogP contribution >= 0.6 is 15.9 Å². The Balaban J connectivity index is 2.12. The van der Waals surface area contributed by atoms with E-state index in [1.54, 1.807) is 6.20 Å². The van der Waals surface area contributed by atoms with Gasteiger partial charge in [-0.2, -0.15) is 0 Å². The second-order valence-electron chi connectivity index (χ2n) is 4.23. The summed E-state index contributed by atoms with van der Waals surface area (Å²) in [5, 5.41) is 0. The number of halogens is 1. The summed E-state index contributed by atoms with van der Waals surface area (Å²) in [6, 6.07) is 2.01. The van der Waals surface area contributed by atoms with Gasteiger partial charge in [-0.1, -0.05) is 6.92 Å². The first kappa shape index (κ1) is 10.7. The van der Waals surface area contributed by atoms with Crippen LogP contribution in [0.2, 0.25) is 0 Å². The molecule has 1 aliphatic rings. The standard InChI is InChI=1S/C11H16BrN3/c1-8-2-4-15(5-3-8)11-6-9(12)10(13)7-14-11/h6-8H,2-5,13H2,1H3. The van der Waals surface area contributed by atoms with Gasteiger partial charge in [-0.25, -0.2) is 4.98 Å². The van der Waals surface area contributed by atoms with Gasteiger partial charge in [0.2, 0.25) is 0 Å². The van der Waals surface area contributed by atoms with E-state index in [1.807, 2.05) is 6.07 Å². The topological polar surface area (TPSA) is 42.1 Å². The lowest BCUT2D eigenvalue weighted by Gasteiger charge is -2.31. The Morgan fingerprint density at radius 1 is 1.47 bits per heavy atom. The quantitative estimate of drug-likeness (QED) is 0.853. The molecule has 15 heavy (non-hydrogen) atoms. The molecule has 0 saturated carbocycles. The lowest BCUT2D eigenvalue weighted by molar-refractivity contribution is 0.436. The molecule has 0 radical (unpaired) electrons. The molecule has 3 nitrogen and oxygen atoms in total. The van der Waals surface area contributed by atoms with Crippen LogP contribution in [-0.2, 0) is 0 Å². The average Bonchev–Trinajstić information content (AvgIpc) is 2.23. The molecule has 1 aliphatic heterocycles. The fourth-order valence-corrected chi connectivity index (χ4v) is 2.15. The van der Waals surface area contributed by atoms with Gasteiger partial charge in [0.05, 0.1) is 11.9 Å². The average molecular weight is 270 g/mol. The Morgan fingerprint density at radius 2 is 2.13 bits per heavy atom. The van der Waals surface area contributed by atoms with Crippen LogP contribution in [0.4, 0.5) is 11.5 Å². The van der Waals surface area contributed by atoms with Crippen molar-refractivity contribution in [2.45, 2.75) is 19.8 Å². The molecule has 0 unspecified atom stereocenters. The maximum atomic E-state index is 5.71. The van der Waals surface area contributed by atoms with Crippen molar-refractivity contribution in [1.82, 2.24) is 4.98 Å². The minimum atomic E-state index is 0.698. The molecule has 4 heteroatoms. The third-order valence-corrected chi connectivity index (χ3v) is 3.66. The Labute approximate surface area is 98.8 Å². The number of nitrogens with two attached hydrogens (primary N) is 1. The molecule has 0 spiro atoms. The lowest BCUT2D eigenvalue weighted by atomic mass is 9.99. The van der Waals surface area contributed by atoms with Crippen molar-refractivity contribution in [3.05, 3.63) is 16.7 Å². The van der Waals surface area contributed by atoms with E-state index in [9.17, 15) is 0 Å². The summed E-state index contributed by atoms with van der Waals surface area (Å²) in [7, 11) is 0. The first-order valence-corrected chi connectivity index (χ1v) is 6.12. The minimum Gasteiger partial charge on any atom is -0.397 e. The number of nitrogens with zero attached hydrogens (tertiary/aromatic N) is 2. The summed E-state index contributed by atoms with van der Waals surface area (Å²) in [6.45, 7) is 4.51. The van der Waals surface area contributed by atoms with Gasteiger partial charge in [-0.05, 0) is 40.8 Å². The van der Waals surface area contributed by atoms with Crippen molar-refractivity contribution < 1.29 is 0 Å². The third kappa shape index (κ3) is 2.43. The Kier molecular flexibility index (Phi) is 3.14. The van der Waals surface area contributed by atoms with Gasteiger partial charge in [0, 0.05) is 17.6 Å². The van der Waals surface area contributed by atoms with Gasteiger partial charge < -0.3 is 10.6 Å². The van der Waals surface area contributed by atoms with Crippen LogP contribution < -0.4 is 10.6 Å². The van der Waals surface area contributed by atoms with Gasteiger partial charge in [-0.3, -0.25) is 0 Å². The fourth-order valence-electron chi connectivity index (χ4n) is 1.84. The first-order chi connectivity index (χ1) is 7.16. The molecule has 0 amide bonds. The predicted octanol–water partition coefficient (Wildman–Crippen LogP) is 2.66. The van der Waals surface area contributed by atoms with E-state index >= 15 is 0 Å². The SMILES string of the molecule is CC1CCN(c2cc(Br)c(N)cn2)CC1. The monoisotopic (exact) mass is 269 g/mol. The van der Waals surface area contributed by atoms with Crippen molar-refractivity contribution in [3.8, 4) is 0 Å². The zero-order chi connectivity index (χ0) is 10.8. The molecule has 1 aromatic rings. The Hall–Kier alpha value is -0.770. The largest absolute Gasteiger partial charge is 0.397 e. The van der Waals surface area contributed by atoms with Gasteiger partial charge in [0.1, 0.15) is 5.82 Å². The zero-order valence-corrected chi connectivity index (χ0v) is 10.5. The van der Waals surface area contributed by atoms with Crippen LogP contribution in [0.15, 0.2) is 16.7 Å². The van der Waals surface area contributed by atoms with Crippen LogP contribution in [0.3, 0.4) is 0 Å². The molecular weight excluding hydrogens is 254 g/mol. The highest BCUT2D eigenvalue weighted by molar-refractivity contribution is 9.10. The number of aromatic nitrogens is 1. The summed E-state index contributed by atoms with van der Waals surface area (Å²) >= 11 is 3.43. The molecule has 82 valence electrons. The highest BCUT2D eigenvalue weighted by Gasteiger charge is 2.17. The number of anilines is 2. The van der Waals surface area contributed by atoms with Crippen LogP contribution in [0, 0.1) is 5.92 Å². The fraction of sp³-hybridized carbons (Fsp3) is 0.545. The number of nitrogen functional groups attached to an aromatic ring is 1. The summed E-state index contributed by atoms with van der Waals surface area (Å²) in [4.78, 5) is 6.68. The molecule has 1 aromatic heterocycles. The zero-order valence-electron chi connectivity index (χ0n) is 8.91. The Morgan fingerprint density at radius 3 is 2.73 bits per heavy atom. The van der Waals surface area contributed by atoms with Crippen molar-refractivity contribution in [3.63, 3.8) is 0 Å². The van der Waals surface area contributed by atoms with Crippen LogP contribution in [0.25, 0.3) is 0 Å². The van der Waals surface area contributed by atoms with Crippen molar-refractivity contribution in [2.24, 2.45) is 5.92 Å². The van der Waals surface area contributed by atoms with E-state index in [-0.39, 0.29) is 0 Å². The van der Waals surface area contributed by atoms with E-state index in [4.69, 9.17) is 5.73 Å². The first-order valence-electron chi connectivity index (χ1n) is 5.33. The van der Waals surface area contributed by atoms with Gasteiger partial charge in [0.25, 0.3) is 0 Å². The number of piperidine rings is 1. The molecular formula is C11H16BrN3. The summed E-state index contributed by atoms with van der Waals surface area (Å²) in [5.41, 5.74) is 6.41. The van der Waals surface area contributed by atoms with Crippen molar-refractivity contribution in [2.75, 3.05) is 23.7 Å². The molecule has 0 aromatic carbocycles. The van der Waals surface area contributed by atoms with E-state index < -0.39 is 0 Å². The summed E-state index contributed by atoms with van der Waals surface area (Å²) < 4.78 is 0.936. The van der Waals surface area contributed by atoms with Crippen LogP contribution in [0.1, 0.15) is 19.8 Å². The lowest BCUT2D eigenvalue weighted by Crippen LogP contribution is -2.33. The number of pyridine rings is 1. The maximum Gasteiger partial charge on any atom is 0.129 e. The minimum absolute atomic E-state index is 0.698. The predicted molar refractivity (Wildman–Crippen MR) is 67.0 cm³/mol. The molecule has 0 atom stereocenters. The molecule has 2 N–H and O–H groups in total. The van der Waals surface area contributed by atoms with Crippen molar-refractivity contribution in [1.29, 1.82) is 0 Å². The number of rotatable bonds is 1. The van der Waals surface area contributed by atoms with E-state index in [2.05, 4.69) is 32.7 Å². The van der Waals surface area contributed by atoms with E-state index in [0.29, 0.717) is 5.69 Å². The molecule has 1 saturated heterocycles. The highest BCUT2D eigenvalue weighted by Crippen LogP contribution is 2.26. The summed E-state index contributed by atoms with van der Waals surface area (Å²) in [5.74, 6) is 1.88. The van der Waals surface area contributed by atoms with Gasteiger partial charge in [-0.15, -0.1) is 0 Å². The third-order valence-electron chi connectivity index (χ3n) is 2.98. The van der Waals surface area contributed by atoms with Gasteiger partial charge >= 0.3 is 0 Å².